The van der Waals surface area contributed by atoms with Crippen molar-refractivity contribution in [1.29, 1.82) is 0 Å². The van der Waals surface area contributed by atoms with Gasteiger partial charge in [-0.1, -0.05) is 62.4 Å². The fourth-order valence-electron chi connectivity index (χ4n) is 2.16. The summed E-state index contributed by atoms with van der Waals surface area (Å²) in [4.78, 5) is 0. The zero-order chi connectivity index (χ0) is 13.0. The molecule has 0 heterocycles. The molecule has 2 aromatic rings. The molecule has 0 aromatic heterocycles. The molecular formula is C17H21N. The second kappa shape index (κ2) is 5.83. The maximum atomic E-state index is 6.33. The van der Waals surface area contributed by atoms with Crippen molar-refractivity contribution in [2.45, 2.75) is 32.7 Å². The lowest BCUT2D eigenvalue weighted by atomic mass is 9.96. The maximum Gasteiger partial charge on any atom is 0.0551 e. The Morgan fingerprint density at radius 1 is 0.833 bits per heavy atom. The highest BCUT2D eigenvalue weighted by atomic mass is 14.6. The lowest BCUT2D eigenvalue weighted by Gasteiger charge is -2.14. The normalized spacial score (nSPS) is 12.4. The molecule has 18 heavy (non-hydrogen) atoms. The van der Waals surface area contributed by atoms with Crippen LogP contribution in [0, 0.1) is 0 Å². The Hall–Kier alpha value is -1.60. The first kappa shape index (κ1) is 12.8. The van der Waals surface area contributed by atoms with Gasteiger partial charge in [-0.25, -0.2) is 0 Å². The molecule has 1 atom stereocenters. The molecule has 0 saturated carbocycles. The lowest BCUT2D eigenvalue weighted by Crippen LogP contribution is -2.12. The Balaban J connectivity index is 2.25. The van der Waals surface area contributed by atoms with Crippen molar-refractivity contribution in [3.8, 4) is 0 Å². The fourth-order valence-corrected chi connectivity index (χ4v) is 2.16. The van der Waals surface area contributed by atoms with Crippen molar-refractivity contribution < 1.29 is 0 Å². The monoisotopic (exact) mass is 239 g/mol. The Kier molecular flexibility index (Phi) is 4.16. The van der Waals surface area contributed by atoms with E-state index in [9.17, 15) is 0 Å². The molecule has 1 unspecified atom stereocenters. The molecule has 0 spiro atoms. The van der Waals surface area contributed by atoms with Gasteiger partial charge in [-0.3, -0.25) is 0 Å². The van der Waals surface area contributed by atoms with Gasteiger partial charge in [-0.2, -0.15) is 0 Å². The summed E-state index contributed by atoms with van der Waals surface area (Å²) in [6.45, 7) is 4.33. The Morgan fingerprint density at radius 2 is 1.50 bits per heavy atom. The molecule has 0 aliphatic carbocycles. The molecular weight excluding hydrogens is 218 g/mol. The van der Waals surface area contributed by atoms with Crippen LogP contribution < -0.4 is 5.73 Å². The molecule has 2 aromatic carbocycles. The smallest absolute Gasteiger partial charge is 0.0551 e. The fraction of sp³-hybridized carbons (Fsp3) is 0.294. The zero-order valence-corrected chi connectivity index (χ0v) is 11.2. The van der Waals surface area contributed by atoms with Crippen molar-refractivity contribution in [1.82, 2.24) is 0 Å². The highest BCUT2D eigenvalue weighted by Gasteiger charge is 2.08. The number of rotatable bonds is 4. The predicted octanol–water partition coefficient (Wildman–Crippen LogP) is 3.86. The average Bonchev–Trinajstić information content (AvgIpc) is 2.46. The quantitative estimate of drug-likeness (QED) is 0.861. The van der Waals surface area contributed by atoms with Crippen LogP contribution in [-0.4, -0.2) is 0 Å². The summed E-state index contributed by atoms with van der Waals surface area (Å²) in [7, 11) is 0. The third kappa shape index (κ3) is 2.80. The van der Waals surface area contributed by atoms with Crippen LogP contribution >= 0.6 is 0 Å². The van der Waals surface area contributed by atoms with E-state index in [1.165, 1.54) is 22.3 Å². The molecule has 0 bridgehead atoms. The van der Waals surface area contributed by atoms with E-state index in [0.29, 0.717) is 0 Å². The molecule has 1 heteroatoms. The van der Waals surface area contributed by atoms with E-state index < -0.39 is 0 Å². The number of benzene rings is 2. The number of hydrogen-bond acceptors (Lipinski definition) is 1. The van der Waals surface area contributed by atoms with E-state index in [4.69, 9.17) is 5.73 Å². The van der Waals surface area contributed by atoms with Crippen LogP contribution in [0.3, 0.4) is 0 Å². The Morgan fingerprint density at radius 3 is 2.11 bits per heavy atom. The third-order valence-corrected chi connectivity index (χ3v) is 3.47. The third-order valence-electron chi connectivity index (χ3n) is 3.47. The number of nitrogens with two attached hydrogens (primary N) is 1. The van der Waals surface area contributed by atoms with Gasteiger partial charge in [0.2, 0.25) is 0 Å². The zero-order valence-electron chi connectivity index (χ0n) is 11.2. The predicted molar refractivity (Wildman–Crippen MR) is 77.7 cm³/mol. The second-order valence-electron chi connectivity index (χ2n) is 4.67. The van der Waals surface area contributed by atoms with Crippen molar-refractivity contribution in [2.24, 2.45) is 5.73 Å². The molecule has 0 fully saturated rings. The van der Waals surface area contributed by atoms with Crippen LogP contribution in [0.4, 0.5) is 0 Å². The highest BCUT2D eigenvalue weighted by Crippen LogP contribution is 2.21. The molecule has 1 nitrogen and oxygen atoms in total. The van der Waals surface area contributed by atoms with Gasteiger partial charge in [-0.05, 0) is 35.1 Å². The van der Waals surface area contributed by atoms with E-state index >= 15 is 0 Å². The minimum absolute atomic E-state index is 0.0255. The first-order chi connectivity index (χ1) is 8.74. The molecule has 0 aliphatic heterocycles. The molecule has 0 amide bonds. The summed E-state index contributed by atoms with van der Waals surface area (Å²) in [5.74, 6) is 0. The highest BCUT2D eigenvalue weighted by molar-refractivity contribution is 5.35. The van der Waals surface area contributed by atoms with Crippen LogP contribution in [0.2, 0.25) is 0 Å². The summed E-state index contributed by atoms with van der Waals surface area (Å²) in [6.07, 6.45) is 2.12. The van der Waals surface area contributed by atoms with Gasteiger partial charge >= 0.3 is 0 Å². The summed E-state index contributed by atoms with van der Waals surface area (Å²) in [5.41, 5.74) is 11.4. The molecule has 0 radical (unpaired) electrons. The standard InChI is InChI=1S/C17H21N/c1-3-13-8-10-15(11-9-13)17(18)16-7-5-6-14(4-2)12-16/h5-12,17H,3-4,18H2,1-2H3. The first-order valence-electron chi connectivity index (χ1n) is 6.67. The Labute approximate surface area is 110 Å². The van der Waals surface area contributed by atoms with E-state index in [1.54, 1.807) is 0 Å². The minimum Gasteiger partial charge on any atom is -0.320 e. The second-order valence-corrected chi connectivity index (χ2v) is 4.67. The van der Waals surface area contributed by atoms with Gasteiger partial charge in [0.25, 0.3) is 0 Å². The van der Waals surface area contributed by atoms with Crippen molar-refractivity contribution in [2.75, 3.05) is 0 Å². The molecule has 0 aliphatic rings. The van der Waals surface area contributed by atoms with Crippen LogP contribution in [-0.2, 0) is 12.8 Å². The van der Waals surface area contributed by atoms with Crippen LogP contribution in [0.1, 0.15) is 42.1 Å². The molecule has 2 N–H and O–H groups in total. The maximum absolute atomic E-state index is 6.33. The number of hydrogen-bond donors (Lipinski definition) is 1. The van der Waals surface area contributed by atoms with Crippen molar-refractivity contribution >= 4 is 0 Å². The summed E-state index contributed by atoms with van der Waals surface area (Å²) in [5, 5.41) is 0. The molecule has 2 rings (SSSR count). The van der Waals surface area contributed by atoms with Crippen molar-refractivity contribution in [3.05, 3.63) is 70.8 Å². The van der Waals surface area contributed by atoms with Gasteiger partial charge in [0.1, 0.15) is 0 Å². The SMILES string of the molecule is CCc1ccc(C(N)c2cccc(CC)c2)cc1. The lowest BCUT2D eigenvalue weighted by molar-refractivity contribution is 0.865. The topological polar surface area (TPSA) is 26.0 Å². The van der Waals surface area contributed by atoms with E-state index in [1.807, 2.05) is 0 Å². The van der Waals surface area contributed by atoms with Gasteiger partial charge in [0, 0.05) is 0 Å². The first-order valence-corrected chi connectivity index (χ1v) is 6.67. The van der Waals surface area contributed by atoms with Crippen molar-refractivity contribution in [3.63, 3.8) is 0 Å². The summed E-state index contributed by atoms with van der Waals surface area (Å²) < 4.78 is 0. The minimum atomic E-state index is -0.0255. The van der Waals surface area contributed by atoms with Gasteiger partial charge < -0.3 is 5.73 Å². The average molecular weight is 239 g/mol. The van der Waals surface area contributed by atoms with Gasteiger partial charge in [0.05, 0.1) is 6.04 Å². The van der Waals surface area contributed by atoms with Crippen LogP contribution in [0.15, 0.2) is 48.5 Å². The largest absolute Gasteiger partial charge is 0.320 e. The molecule has 94 valence electrons. The van der Waals surface area contributed by atoms with Gasteiger partial charge in [0.15, 0.2) is 0 Å². The van der Waals surface area contributed by atoms with E-state index in [-0.39, 0.29) is 6.04 Å². The van der Waals surface area contributed by atoms with Gasteiger partial charge in [-0.15, -0.1) is 0 Å². The summed E-state index contributed by atoms with van der Waals surface area (Å²) >= 11 is 0. The van der Waals surface area contributed by atoms with Crippen LogP contribution in [0.25, 0.3) is 0 Å². The summed E-state index contributed by atoms with van der Waals surface area (Å²) in [6, 6.07) is 17.1. The number of aryl methyl sites for hydroxylation is 2. The van der Waals surface area contributed by atoms with E-state index in [2.05, 4.69) is 62.4 Å². The molecule has 0 saturated heterocycles. The van der Waals surface area contributed by atoms with Crippen LogP contribution in [0.5, 0.6) is 0 Å². The van der Waals surface area contributed by atoms with E-state index in [0.717, 1.165) is 12.8 Å². The Bertz CT molecular complexity index is 499.